The smallest absolute Gasteiger partial charge is 0.234 e. The Morgan fingerprint density at radius 2 is 2.40 bits per heavy atom. The van der Waals surface area contributed by atoms with Gasteiger partial charge >= 0.3 is 0 Å². The predicted octanol–water partition coefficient (Wildman–Crippen LogP) is 1.98. The van der Waals surface area contributed by atoms with Crippen LogP contribution in [0.15, 0.2) is 17.5 Å². The van der Waals surface area contributed by atoms with Crippen molar-refractivity contribution in [3.63, 3.8) is 0 Å². The first-order valence-electron chi connectivity index (χ1n) is 7.19. The van der Waals surface area contributed by atoms with Crippen LogP contribution in [0.3, 0.4) is 0 Å². The van der Waals surface area contributed by atoms with Gasteiger partial charge in [-0.15, -0.1) is 11.3 Å². The molecule has 1 fully saturated rings. The minimum atomic E-state index is 0.0812. The molecule has 3 N–H and O–H groups in total. The van der Waals surface area contributed by atoms with Gasteiger partial charge in [0.2, 0.25) is 5.91 Å². The van der Waals surface area contributed by atoms with E-state index in [-0.39, 0.29) is 23.4 Å². The first kappa shape index (κ1) is 15.5. The third-order valence-electron chi connectivity index (χ3n) is 4.11. The number of rotatable bonds is 4. The third kappa shape index (κ3) is 3.81. The predicted molar refractivity (Wildman–Crippen MR) is 83.7 cm³/mol. The van der Waals surface area contributed by atoms with Gasteiger partial charge in [-0.2, -0.15) is 0 Å². The van der Waals surface area contributed by atoms with E-state index in [4.69, 9.17) is 5.73 Å². The number of carbonyl (C=O) groups is 1. The van der Waals surface area contributed by atoms with Crippen molar-refractivity contribution in [3.8, 4) is 0 Å². The molecule has 2 rings (SSSR count). The Morgan fingerprint density at radius 1 is 1.65 bits per heavy atom. The van der Waals surface area contributed by atoms with Gasteiger partial charge in [0, 0.05) is 24.0 Å². The molecule has 1 aliphatic heterocycles. The molecular weight excluding hydrogens is 270 g/mol. The summed E-state index contributed by atoms with van der Waals surface area (Å²) in [4.78, 5) is 15.5. The lowest BCUT2D eigenvalue weighted by Crippen LogP contribution is -2.54. The number of nitrogens with one attached hydrogen (secondary N) is 1. The minimum Gasteiger partial charge on any atom is -0.348 e. The van der Waals surface area contributed by atoms with Crippen molar-refractivity contribution in [3.05, 3.63) is 22.4 Å². The molecule has 5 heteroatoms. The van der Waals surface area contributed by atoms with E-state index in [0.29, 0.717) is 6.54 Å². The highest BCUT2D eigenvalue weighted by molar-refractivity contribution is 7.10. The van der Waals surface area contributed by atoms with Crippen LogP contribution in [0.1, 0.15) is 38.1 Å². The highest BCUT2D eigenvalue weighted by Crippen LogP contribution is 2.27. The van der Waals surface area contributed by atoms with E-state index >= 15 is 0 Å². The monoisotopic (exact) mass is 295 g/mol. The molecule has 1 amide bonds. The molecule has 2 atom stereocenters. The minimum absolute atomic E-state index is 0.0812. The van der Waals surface area contributed by atoms with Crippen LogP contribution in [0.25, 0.3) is 0 Å². The zero-order chi connectivity index (χ0) is 14.8. The second-order valence-corrected chi connectivity index (χ2v) is 7.38. The second kappa shape index (κ2) is 6.24. The molecule has 112 valence electrons. The van der Waals surface area contributed by atoms with Crippen molar-refractivity contribution in [2.45, 2.75) is 39.3 Å². The summed E-state index contributed by atoms with van der Waals surface area (Å²) >= 11 is 1.67. The largest absolute Gasteiger partial charge is 0.348 e. The molecular formula is C15H25N3OS. The number of amides is 1. The van der Waals surface area contributed by atoms with Gasteiger partial charge < -0.3 is 11.1 Å². The Bertz CT molecular complexity index is 444. The highest BCUT2D eigenvalue weighted by Gasteiger charge is 2.33. The van der Waals surface area contributed by atoms with Crippen LogP contribution < -0.4 is 11.1 Å². The Labute approximate surface area is 125 Å². The van der Waals surface area contributed by atoms with E-state index in [1.54, 1.807) is 11.3 Å². The van der Waals surface area contributed by atoms with Crippen LogP contribution in [0.5, 0.6) is 0 Å². The van der Waals surface area contributed by atoms with Crippen LogP contribution in [0, 0.1) is 5.41 Å². The zero-order valence-electron chi connectivity index (χ0n) is 12.6. The number of likely N-dealkylation sites (tertiary alicyclic amines) is 1. The summed E-state index contributed by atoms with van der Waals surface area (Å²) in [5, 5.41) is 5.10. The molecule has 0 spiro atoms. The average Bonchev–Trinajstić information content (AvgIpc) is 2.87. The molecule has 2 unspecified atom stereocenters. The van der Waals surface area contributed by atoms with Crippen LogP contribution in [0.4, 0.5) is 0 Å². The van der Waals surface area contributed by atoms with Crippen molar-refractivity contribution >= 4 is 17.2 Å². The van der Waals surface area contributed by atoms with Crippen molar-refractivity contribution in [1.82, 2.24) is 10.2 Å². The lowest BCUT2D eigenvalue weighted by Gasteiger charge is -2.42. The van der Waals surface area contributed by atoms with Gasteiger partial charge in [0.1, 0.15) is 0 Å². The summed E-state index contributed by atoms with van der Waals surface area (Å²) in [7, 11) is 0. The van der Waals surface area contributed by atoms with Crippen molar-refractivity contribution < 1.29 is 4.79 Å². The fourth-order valence-electron chi connectivity index (χ4n) is 2.72. The van der Waals surface area contributed by atoms with Gasteiger partial charge in [-0.1, -0.05) is 19.9 Å². The van der Waals surface area contributed by atoms with Gasteiger partial charge in [-0.05, 0) is 30.2 Å². The third-order valence-corrected chi connectivity index (χ3v) is 5.16. The molecule has 0 aliphatic carbocycles. The topological polar surface area (TPSA) is 58.4 Å². The molecule has 1 aromatic heterocycles. The van der Waals surface area contributed by atoms with E-state index in [1.165, 1.54) is 4.88 Å². The Kier molecular flexibility index (Phi) is 4.83. The zero-order valence-corrected chi connectivity index (χ0v) is 13.4. The maximum Gasteiger partial charge on any atom is 0.234 e. The van der Waals surface area contributed by atoms with Gasteiger partial charge in [-0.3, -0.25) is 9.69 Å². The number of piperidine rings is 1. The number of nitrogens with zero attached hydrogens (tertiary/aromatic N) is 1. The van der Waals surface area contributed by atoms with Crippen molar-refractivity contribution in [2.75, 3.05) is 19.6 Å². The Morgan fingerprint density at radius 3 is 3.00 bits per heavy atom. The fraction of sp³-hybridized carbons (Fsp3) is 0.667. The lowest BCUT2D eigenvalue weighted by atomic mass is 9.80. The quantitative estimate of drug-likeness (QED) is 0.893. The number of hydrogen-bond donors (Lipinski definition) is 2. The summed E-state index contributed by atoms with van der Waals surface area (Å²) < 4.78 is 0. The second-order valence-electron chi connectivity index (χ2n) is 6.40. The summed E-state index contributed by atoms with van der Waals surface area (Å²) in [6, 6.07) is 4.38. The Hall–Kier alpha value is -0.910. The first-order chi connectivity index (χ1) is 9.38. The molecule has 1 saturated heterocycles. The van der Waals surface area contributed by atoms with E-state index < -0.39 is 0 Å². The summed E-state index contributed by atoms with van der Waals surface area (Å²) in [6.07, 6.45) is 0.959. The number of nitrogens with two attached hydrogens (primary N) is 1. The van der Waals surface area contributed by atoms with Gasteiger partial charge in [-0.25, -0.2) is 0 Å². The molecule has 0 aromatic carbocycles. The molecule has 0 radical (unpaired) electrons. The van der Waals surface area contributed by atoms with Gasteiger partial charge in [0.05, 0.1) is 12.6 Å². The average molecular weight is 295 g/mol. The van der Waals surface area contributed by atoms with E-state index in [9.17, 15) is 4.79 Å². The molecule has 4 nitrogen and oxygen atoms in total. The van der Waals surface area contributed by atoms with Crippen molar-refractivity contribution in [2.24, 2.45) is 11.1 Å². The number of carbonyl (C=O) groups excluding carboxylic acids is 1. The number of thiophene rings is 1. The van der Waals surface area contributed by atoms with E-state index in [0.717, 1.165) is 19.5 Å². The lowest BCUT2D eigenvalue weighted by molar-refractivity contribution is -0.123. The molecule has 0 bridgehead atoms. The fourth-order valence-corrected chi connectivity index (χ4v) is 3.45. The normalized spacial score (nSPS) is 24.3. The van der Waals surface area contributed by atoms with Gasteiger partial charge in [0.25, 0.3) is 0 Å². The van der Waals surface area contributed by atoms with Gasteiger partial charge in [0.15, 0.2) is 0 Å². The standard InChI is InChI=1S/C15H25N3OS/c1-11(12-5-4-8-20-12)17-14(19)9-18-7-6-13(16)15(2,3)10-18/h4-5,8,11,13H,6-7,9-10,16H2,1-3H3,(H,17,19). The van der Waals surface area contributed by atoms with Crippen molar-refractivity contribution in [1.29, 1.82) is 0 Å². The SMILES string of the molecule is CC(NC(=O)CN1CCC(N)C(C)(C)C1)c1cccs1. The molecule has 20 heavy (non-hydrogen) atoms. The first-order valence-corrected chi connectivity index (χ1v) is 8.07. The van der Waals surface area contributed by atoms with Crippen LogP contribution in [0.2, 0.25) is 0 Å². The summed E-state index contributed by atoms with van der Waals surface area (Å²) in [6.45, 7) is 8.64. The van der Waals surface area contributed by atoms with E-state index in [1.807, 2.05) is 18.4 Å². The maximum absolute atomic E-state index is 12.1. The molecule has 2 heterocycles. The Balaban J connectivity index is 1.83. The van der Waals surface area contributed by atoms with Crippen LogP contribution in [-0.4, -0.2) is 36.5 Å². The maximum atomic E-state index is 12.1. The van der Waals surface area contributed by atoms with Crippen LogP contribution in [-0.2, 0) is 4.79 Å². The molecule has 0 saturated carbocycles. The molecule has 1 aliphatic rings. The highest BCUT2D eigenvalue weighted by atomic mass is 32.1. The molecule has 1 aromatic rings. The van der Waals surface area contributed by atoms with Crippen LogP contribution >= 0.6 is 11.3 Å². The summed E-state index contributed by atoms with van der Waals surface area (Å²) in [5.74, 6) is 0.0946. The summed E-state index contributed by atoms with van der Waals surface area (Å²) in [5.41, 5.74) is 6.21. The number of hydrogen-bond acceptors (Lipinski definition) is 4. The van der Waals surface area contributed by atoms with E-state index in [2.05, 4.69) is 30.1 Å².